The summed E-state index contributed by atoms with van der Waals surface area (Å²) in [4.78, 5) is 0. The van der Waals surface area contributed by atoms with Gasteiger partial charge in [-0.2, -0.15) is 0 Å². The molecule has 0 amide bonds. The zero-order valence-corrected chi connectivity index (χ0v) is 10.6. The lowest BCUT2D eigenvalue weighted by Gasteiger charge is -2.05. The molecule has 0 saturated carbocycles. The molecule has 0 bridgehead atoms. The largest absolute Gasteiger partial charge is 0.103 e. The Balaban J connectivity index is 2.45. The first kappa shape index (κ1) is 11.2. The normalized spacial score (nSPS) is 10.1. The minimum Gasteiger partial charge on any atom is -0.103 e. The van der Waals surface area contributed by atoms with Gasteiger partial charge in [-0.3, -0.25) is 0 Å². The van der Waals surface area contributed by atoms with E-state index in [0.717, 1.165) is 10.9 Å². The van der Waals surface area contributed by atoms with Crippen LogP contribution in [0.2, 0.25) is 0 Å². The Kier molecular flexibility index (Phi) is 3.58. The predicted octanol–water partition coefficient (Wildman–Crippen LogP) is 4.84. The Morgan fingerprint density at radius 3 is 2.44 bits per heavy atom. The van der Waals surface area contributed by atoms with Crippen molar-refractivity contribution in [3.05, 3.63) is 71.2 Å². The van der Waals surface area contributed by atoms with Gasteiger partial charge in [-0.25, -0.2) is 0 Å². The molecule has 2 rings (SSSR count). The lowest BCUT2D eigenvalue weighted by atomic mass is 10.0. The van der Waals surface area contributed by atoms with E-state index in [-0.39, 0.29) is 0 Å². The second kappa shape index (κ2) is 5.13. The van der Waals surface area contributed by atoms with Crippen LogP contribution in [0.3, 0.4) is 0 Å². The minimum atomic E-state index is 0.902. The van der Waals surface area contributed by atoms with E-state index in [2.05, 4.69) is 65.0 Å². The summed E-state index contributed by atoms with van der Waals surface area (Å²) < 4.78 is 1.12. The summed E-state index contributed by atoms with van der Waals surface area (Å²) in [7, 11) is 0. The molecule has 0 N–H and O–H groups in total. The predicted molar refractivity (Wildman–Crippen MR) is 73.5 cm³/mol. The molecular weight excluding hydrogens is 260 g/mol. The first-order valence-electron chi connectivity index (χ1n) is 5.25. The number of benzene rings is 2. The quantitative estimate of drug-likeness (QED) is 0.701. The molecule has 0 nitrogen and oxygen atoms in total. The summed E-state index contributed by atoms with van der Waals surface area (Å²) >= 11 is 3.55. The molecule has 80 valence electrons. The lowest BCUT2D eigenvalue weighted by Crippen LogP contribution is -1.84. The third-order valence-corrected chi connectivity index (χ3v) is 2.90. The summed E-state index contributed by atoms with van der Waals surface area (Å²) in [6, 6.07) is 16.9. The standard InChI is InChI=1S/C15H13Br/c1-2-6-12-9-14(11-15(16)10-12)13-7-4-3-5-8-13/h2-5,7-11H,1,6H2. The van der Waals surface area contributed by atoms with Crippen LogP contribution < -0.4 is 0 Å². The Bertz CT molecular complexity index is 486. The average Bonchev–Trinajstić information content (AvgIpc) is 2.30. The fourth-order valence-electron chi connectivity index (χ4n) is 1.73. The van der Waals surface area contributed by atoms with E-state index >= 15 is 0 Å². The fourth-order valence-corrected chi connectivity index (χ4v) is 2.27. The molecule has 0 unspecified atom stereocenters. The van der Waals surface area contributed by atoms with Gasteiger partial charge >= 0.3 is 0 Å². The molecule has 0 aliphatic carbocycles. The SMILES string of the molecule is C=CCc1cc(Br)cc(-c2ccccc2)c1. The summed E-state index contributed by atoms with van der Waals surface area (Å²) in [5.41, 5.74) is 3.77. The van der Waals surface area contributed by atoms with E-state index in [9.17, 15) is 0 Å². The second-order valence-corrected chi connectivity index (χ2v) is 4.62. The van der Waals surface area contributed by atoms with Crippen molar-refractivity contribution < 1.29 is 0 Å². The maximum Gasteiger partial charge on any atom is 0.0184 e. The van der Waals surface area contributed by atoms with Crippen LogP contribution in [-0.4, -0.2) is 0 Å². The van der Waals surface area contributed by atoms with Crippen molar-refractivity contribution >= 4 is 15.9 Å². The van der Waals surface area contributed by atoms with Crippen LogP contribution in [0.15, 0.2) is 65.7 Å². The maximum atomic E-state index is 3.77. The molecule has 1 heteroatoms. The third-order valence-electron chi connectivity index (χ3n) is 2.44. The molecule has 2 aromatic carbocycles. The van der Waals surface area contributed by atoms with E-state index in [4.69, 9.17) is 0 Å². The van der Waals surface area contributed by atoms with Crippen molar-refractivity contribution in [2.45, 2.75) is 6.42 Å². The number of rotatable bonds is 3. The molecule has 0 aromatic heterocycles. The zero-order valence-electron chi connectivity index (χ0n) is 8.99. The highest BCUT2D eigenvalue weighted by Crippen LogP contribution is 2.25. The van der Waals surface area contributed by atoms with Gasteiger partial charge in [-0.1, -0.05) is 58.4 Å². The van der Waals surface area contributed by atoms with Crippen molar-refractivity contribution in [3.8, 4) is 11.1 Å². The number of halogens is 1. The third kappa shape index (κ3) is 2.61. The van der Waals surface area contributed by atoms with Crippen LogP contribution in [0.4, 0.5) is 0 Å². The molecule has 0 fully saturated rings. The first-order valence-corrected chi connectivity index (χ1v) is 6.04. The van der Waals surface area contributed by atoms with Crippen molar-refractivity contribution in [1.82, 2.24) is 0 Å². The van der Waals surface area contributed by atoms with Gasteiger partial charge in [0.05, 0.1) is 0 Å². The fraction of sp³-hybridized carbons (Fsp3) is 0.0667. The van der Waals surface area contributed by atoms with Crippen LogP contribution in [0.25, 0.3) is 11.1 Å². The summed E-state index contributed by atoms with van der Waals surface area (Å²) in [5, 5.41) is 0. The summed E-state index contributed by atoms with van der Waals surface area (Å²) in [6.45, 7) is 3.77. The van der Waals surface area contributed by atoms with Gasteiger partial charge in [0.15, 0.2) is 0 Å². The number of hydrogen-bond acceptors (Lipinski definition) is 0. The monoisotopic (exact) mass is 272 g/mol. The molecule has 0 aliphatic heterocycles. The van der Waals surface area contributed by atoms with Crippen molar-refractivity contribution in [2.24, 2.45) is 0 Å². The summed E-state index contributed by atoms with van der Waals surface area (Å²) in [6.07, 6.45) is 2.83. The molecule has 0 atom stereocenters. The minimum absolute atomic E-state index is 0.902. The van der Waals surface area contributed by atoms with Gasteiger partial charge in [-0.05, 0) is 35.2 Å². The van der Waals surface area contributed by atoms with Gasteiger partial charge in [0.25, 0.3) is 0 Å². The molecule has 2 aromatic rings. The van der Waals surface area contributed by atoms with E-state index in [1.54, 1.807) is 0 Å². The maximum absolute atomic E-state index is 3.77. The van der Waals surface area contributed by atoms with Gasteiger partial charge in [-0.15, -0.1) is 6.58 Å². The first-order chi connectivity index (χ1) is 7.79. The van der Waals surface area contributed by atoms with Crippen LogP contribution in [0, 0.1) is 0 Å². The van der Waals surface area contributed by atoms with E-state index in [1.165, 1.54) is 16.7 Å². The van der Waals surface area contributed by atoms with E-state index < -0.39 is 0 Å². The van der Waals surface area contributed by atoms with Gasteiger partial charge < -0.3 is 0 Å². The molecule has 0 spiro atoms. The Labute approximate surface area is 105 Å². The Morgan fingerprint density at radius 1 is 1.00 bits per heavy atom. The van der Waals surface area contributed by atoms with Crippen molar-refractivity contribution in [3.63, 3.8) is 0 Å². The highest BCUT2D eigenvalue weighted by atomic mass is 79.9. The van der Waals surface area contributed by atoms with Crippen LogP contribution in [-0.2, 0) is 6.42 Å². The number of hydrogen-bond donors (Lipinski definition) is 0. The molecule has 0 saturated heterocycles. The summed E-state index contributed by atoms with van der Waals surface area (Å²) in [5.74, 6) is 0. The van der Waals surface area contributed by atoms with Crippen LogP contribution in [0.1, 0.15) is 5.56 Å². The lowest BCUT2D eigenvalue weighted by molar-refractivity contribution is 1.27. The number of allylic oxidation sites excluding steroid dienone is 1. The Hall–Kier alpha value is -1.34. The topological polar surface area (TPSA) is 0 Å². The van der Waals surface area contributed by atoms with E-state index in [0.29, 0.717) is 0 Å². The molecular formula is C15H13Br. The smallest absolute Gasteiger partial charge is 0.0184 e. The molecule has 0 aliphatic rings. The van der Waals surface area contributed by atoms with Crippen molar-refractivity contribution in [1.29, 1.82) is 0 Å². The Morgan fingerprint density at radius 2 is 1.75 bits per heavy atom. The van der Waals surface area contributed by atoms with Gasteiger partial charge in [0, 0.05) is 4.47 Å². The molecule has 16 heavy (non-hydrogen) atoms. The van der Waals surface area contributed by atoms with Crippen molar-refractivity contribution in [2.75, 3.05) is 0 Å². The second-order valence-electron chi connectivity index (χ2n) is 3.71. The highest BCUT2D eigenvalue weighted by Gasteiger charge is 2.00. The van der Waals surface area contributed by atoms with Gasteiger partial charge in [0.2, 0.25) is 0 Å². The molecule has 0 heterocycles. The molecule has 0 radical (unpaired) electrons. The van der Waals surface area contributed by atoms with Crippen LogP contribution >= 0.6 is 15.9 Å². The van der Waals surface area contributed by atoms with Crippen LogP contribution in [0.5, 0.6) is 0 Å². The van der Waals surface area contributed by atoms with Gasteiger partial charge in [0.1, 0.15) is 0 Å². The van der Waals surface area contributed by atoms with E-state index in [1.807, 2.05) is 12.1 Å². The zero-order chi connectivity index (χ0) is 11.4. The average molecular weight is 273 g/mol. The highest BCUT2D eigenvalue weighted by molar-refractivity contribution is 9.10.